The molecule has 1 aliphatic rings. The van der Waals surface area contributed by atoms with Gasteiger partial charge in [-0.05, 0) is 51.8 Å². The number of hydrogen-bond acceptors (Lipinski definition) is 7. The Morgan fingerprint density at radius 2 is 1.83 bits per heavy atom. The molecule has 1 aliphatic heterocycles. The summed E-state index contributed by atoms with van der Waals surface area (Å²) in [5.74, 6) is -0.0276. The van der Waals surface area contributed by atoms with Crippen LogP contribution in [0.3, 0.4) is 0 Å². The minimum atomic E-state index is -0.574. The number of halogens is 1. The highest BCUT2D eigenvalue weighted by molar-refractivity contribution is 9.10. The molecule has 0 spiro atoms. The van der Waals surface area contributed by atoms with Gasteiger partial charge >= 0.3 is 11.9 Å². The summed E-state index contributed by atoms with van der Waals surface area (Å²) in [6.45, 7) is 1.69. The molecule has 0 unspecified atom stereocenters. The van der Waals surface area contributed by atoms with Crippen LogP contribution in [-0.4, -0.2) is 32.1 Å². The smallest absolute Gasteiger partial charge is 0.363 e. The fourth-order valence-electron chi connectivity index (χ4n) is 2.59. The summed E-state index contributed by atoms with van der Waals surface area (Å²) in [4.78, 5) is 28.3. The molecule has 0 saturated heterocycles. The third-order valence-corrected chi connectivity index (χ3v) is 4.71. The number of carbonyl (C=O) groups is 2. The van der Waals surface area contributed by atoms with Crippen LogP contribution in [0, 0.1) is 0 Å². The number of carbonyl (C=O) groups excluding carboxylic acids is 2. The van der Waals surface area contributed by atoms with Gasteiger partial charge in [0.2, 0.25) is 11.6 Å². The zero-order valence-corrected chi connectivity index (χ0v) is 17.6. The van der Waals surface area contributed by atoms with Gasteiger partial charge < -0.3 is 18.9 Å². The summed E-state index contributed by atoms with van der Waals surface area (Å²) in [5, 5.41) is 0. The average molecular weight is 460 g/mol. The molecule has 0 saturated carbocycles. The van der Waals surface area contributed by atoms with Gasteiger partial charge in [0.15, 0.2) is 17.2 Å². The summed E-state index contributed by atoms with van der Waals surface area (Å²) >= 11 is 3.42. The molecule has 0 radical (unpaired) electrons. The van der Waals surface area contributed by atoms with Crippen LogP contribution in [0.4, 0.5) is 0 Å². The fourth-order valence-corrected chi connectivity index (χ4v) is 3.04. The van der Waals surface area contributed by atoms with Crippen LogP contribution >= 0.6 is 15.9 Å². The fraction of sp³-hybridized carbons (Fsp3) is 0.190. The second-order valence-corrected chi connectivity index (χ2v) is 6.75. The number of benzene rings is 2. The number of hydrogen-bond donors (Lipinski definition) is 0. The molecular formula is C21H18BrNO6. The minimum absolute atomic E-state index is 0.123. The van der Waals surface area contributed by atoms with Gasteiger partial charge in [-0.2, -0.15) is 0 Å². The first-order valence-electron chi connectivity index (χ1n) is 8.71. The van der Waals surface area contributed by atoms with Crippen molar-refractivity contribution >= 4 is 39.8 Å². The predicted molar refractivity (Wildman–Crippen MR) is 110 cm³/mol. The Morgan fingerprint density at radius 3 is 2.41 bits per heavy atom. The molecule has 0 bridgehead atoms. The number of ether oxygens (including phenoxy) is 4. The normalized spacial score (nSPS) is 14.4. The third-order valence-electron chi connectivity index (χ3n) is 4.02. The summed E-state index contributed by atoms with van der Waals surface area (Å²) in [6.07, 6.45) is 1.75. The third kappa shape index (κ3) is 4.48. The lowest BCUT2D eigenvalue weighted by Gasteiger charge is -2.13. The first-order valence-corrected chi connectivity index (χ1v) is 9.50. The lowest BCUT2D eigenvalue weighted by molar-refractivity contribution is -0.134. The average Bonchev–Trinajstić information content (AvgIpc) is 3.08. The Hall–Kier alpha value is -3.13. The quantitative estimate of drug-likeness (QED) is 0.366. The van der Waals surface area contributed by atoms with Crippen LogP contribution in [0.5, 0.6) is 17.2 Å². The molecule has 1 heterocycles. The number of nitrogens with zero attached hydrogens (tertiary/aromatic N) is 1. The number of esters is 2. The Balaban J connectivity index is 2.00. The van der Waals surface area contributed by atoms with Gasteiger partial charge in [-0.1, -0.05) is 19.1 Å². The monoisotopic (exact) mass is 459 g/mol. The van der Waals surface area contributed by atoms with Crippen molar-refractivity contribution in [1.29, 1.82) is 0 Å². The molecule has 0 N–H and O–H groups in total. The first-order chi connectivity index (χ1) is 14.0. The van der Waals surface area contributed by atoms with Gasteiger partial charge in [0.25, 0.3) is 0 Å². The highest BCUT2D eigenvalue weighted by Crippen LogP contribution is 2.39. The molecule has 7 nitrogen and oxygen atoms in total. The van der Waals surface area contributed by atoms with Crippen molar-refractivity contribution in [2.24, 2.45) is 4.99 Å². The number of methoxy groups -OCH3 is 2. The van der Waals surface area contributed by atoms with Gasteiger partial charge in [-0.3, -0.25) is 4.79 Å². The van der Waals surface area contributed by atoms with E-state index in [0.717, 1.165) is 4.47 Å². The summed E-state index contributed by atoms with van der Waals surface area (Å²) in [7, 11) is 2.89. The molecule has 0 fully saturated rings. The molecule has 0 atom stereocenters. The van der Waals surface area contributed by atoms with Gasteiger partial charge in [0, 0.05) is 10.9 Å². The summed E-state index contributed by atoms with van der Waals surface area (Å²) in [6, 6.07) is 10.5. The molecule has 0 aliphatic carbocycles. The van der Waals surface area contributed by atoms with Crippen molar-refractivity contribution in [1.82, 2.24) is 0 Å². The zero-order valence-electron chi connectivity index (χ0n) is 16.0. The van der Waals surface area contributed by atoms with Crippen LogP contribution in [0.15, 0.2) is 51.6 Å². The van der Waals surface area contributed by atoms with Crippen molar-refractivity contribution in [3.8, 4) is 17.2 Å². The standard InChI is InChI=1S/C21H18BrNO6/c1-4-18(24)28-19-16(26-2)10-12(11-17(19)27-3)9-15-21(25)29-20(23-15)13-7-5-6-8-14(13)22/h5-11H,4H2,1-3H3. The Bertz CT molecular complexity index is 1000. The maximum atomic E-state index is 12.3. The Kier molecular flexibility index (Phi) is 6.33. The molecule has 0 aromatic heterocycles. The van der Waals surface area contributed by atoms with Crippen LogP contribution in [-0.2, 0) is 14.3 Å². The van der Waals surface area contributed by atoms with Crippen LogP contribution < -0.4 is 14.2 Å². The zero-order chi connectivity index (χ0) is 21.0. The SMILES string of the molecule is CCC(=O)Oc1c(OC)cc(C=C2N=C(c3ccccc3Br)OC2=O)cc1OC. The van der Waals surface area contributed by atoms with E-state index in [4.69, 9.17) is 18.9 Å². The highest BCUT2D eigenvalue weighted by Gasteiger charge is 2.26. The van der Waals surface area contributed by atoms with E-state index in [1.54, 1.807) is 31.2 Å². The van der Waals surface area contributed by atoms with Crippen molar-refractivity contribution in [3.05, 3.63) is 57.7 Å². The number of aliphatic imine (C=N–C) groups is 1. The topological polar surface area (TPSA) is 83.4 Å². The largest absolute Gasteiger partial charge is 0.493 e. The van der Waals surface area contributed by atoms with E-state index in [-0.39, 0.29) is 23.8 Å². The van der Waals surface area contributed by atoms with E-state index in [0.29, 0.717) is 22.6 Å². The molecule has 2 aromatic carbocycles. The van der Waals surface area contributed by atoms with E-state index in [2.05, 4.69) is 20.9 Å². The number of cyclic esters (lactones) is 1. The van der Waals surface area contributed by atoms with Crippen LogP contribution in [0.1, 0.15) is 24.5 Å². The van der Waals surface area contributed by atoms with Crippen molar-refractivity contribution in [3.63, 3.8) is 0 Å². The van der Waals surface area contributed by atoms with Gasteiger partial charge in [-0.15, -0.1) is 0 Å². The molecular weight excluding hydrogens is 442 g/mol. The highest BCUT2D eigenvalue weighted by atomic mass is 79.9. The van der Waals surface area contributed by atoms with Gasteiger partial charge in [-0.25, -0.2) is 9.79 Å². The second-order valence-electron chi connectivity index (χ2n) is 5.90. The van der Waals surface area contributed by atoms with Crippen LogP contribution in [0.2, 0.25) is 0 Å². The maximum Gasteiger partial charge on any atom is 0.363 e. The van der Waals surface area contributed by atoms with Crippen molar-refractivity contribution < 1.29 is 28.5 Å². The first kappa shape index (κ1) is 20.6. The second kappa shape index (κ2) is 8.91. The van der Waals surface area contributed by atoms with E-state index in [1.807, 2.05) is 18.2 Å². The van der Waals surface area contributed by atoms with E-state index in [9.17, 15) is 9.59 Å². The maximum absolute atomic E-state index is 12.3. The molecule has 3 rings (SSSR count). The lowest BCUT2D eigenvalue weighted by Crippen LogP contribution is -2.08. The molecule has 2 aromatic rings. The van der Waals surface area contributed by atoms with E-state index < -0.39 is 11.9 Å². The van der Waals surface area contributed by atoms with Crippen LogP contribution in [0.25, 0.3) is 6.08 Å². The van der Waals surface area contributed by atoms with Crippen molar-refractivity contribution in [2.45, 2.75) is 13.3 Å². The molecule has 29 heavy (non-hydrogen) atoms. The Labute approximate surface area is 176 Å². The summed E-state index contributed by atoms with van der Waals surface area (Å²) in [5.41, 5.74) is 1.36. The molecule has 0 amide bonds. The van der Waals surface area contributed by atoms with Gasteiger partial charge in [0.1, 0.15) is 0 Å². The van der Waals surface area contributed by atoms with Crippen molar-refractivity contribution in [2.75, 3.05) is 14.2 Å². The predicted octanol–water partition coefficient (Wildman–Crippen LogP) is 4.13. The minimum Gasteiger partial charge on any atom is -0.493 e. The lowest BCUT2D eigenvalue weighted by atomic mass is 10.1. The Morgan fingerprint density at radius 1 is 1.17 bits per heavy atom. The molecule has 150 valence electrons. The van der Waals surface area contributed by atoms with E-state index >= 15 is 0 Å². The molecule has 8 heteroatoms. The van der Waals surface area contributed by atoms with E-state index in [1.165, 1.54) is 14.2 Å². The summed E-state index contributed by atoms with van der Waals surface area (Å²) < 4.78 is 22.0. The number of rotatable bonds is 6. The van der Waals surface area contributed by atoms with Gasteiger partial charge in [0.05, 0.1) is 19.8 Å².